The van der Waals surface area contributed by atoms with Crippen LogP contribution in [-0.4, -0.2) is 13.1 Å². The molecule has 8 aliphatic carbocycles. The van der Waals surface area contributed by atoms with E-state index in [0.29, 0.717) is 11.3 Å². The van der Waals surface area contributed by atoms with Gasteiger partial charge in [-0.2, -0.15) is 10.5 Å². The zero-order chi connectivity index (χ0) is 32.4. The lowest BCUT2D eigenvalue weighted by Gasteiger charge is -2.61. The van der Waals surface area contributed by atoms with Crippen molar-refractivity contribution in [3.8, 4) is 12.1 Å². The molecule has 8 bridgehead atoms. The van der Waals surface area contributed by atoms with Crippen LogP contribution in [0.1, 0.15) is 126 Å². The van der Waals surface area contributed by atoms with Crippen molar-refractivity contribution in [2.75, 3.05) is 18.0 Å². The molecule has 0 spiro atoms. The van der Waals surface area contributed by atoms with Crippen LogP contribution >= 0.6 is 0 Å². The van der Waals surface area contributed by atoms with Gasteiger partial charge in [0.15, 0.2) is 0 Å². The molecule has 1 aromatic rings. The Morgan fingerprint density at radius 3 is 2.00 bits per heavy atom. The van der Waals surface area contributed by atoms with Gasteiger partial charge in [0, 0.05) is 29.8 Å². The van der Waals surface area contributed by atoms with Crippen LogP contribution in [-0.2, 0) is 10.2 Å². The normalized spacial score (nSPS) is 41.0. The number of anilines is 1. The Labute approximate surface area is 287 Å². The molecule has 8 saturated carbocycles. The average Bonchev–Trinajstić information content (AvgIpc) is 3.05. The average molecular weight is 638 g/mol. The summed E-state index contributed by atoms with van der Waals surface area (Å²) in [7, 11) is 0. The van der Waals surface area contributed by atoms with Crippen LogP contribution < -0.4 is 4.90 Å². The van der Waals surface area contributed by atoms with E-state index in [1.165, 1.54) is 114 Å². The van der Waals surface area contributed by atoms with Crippen LogP contribution in [0.25, 0.3) is 6.08 Å². The van der Waals surface area contributed by atoms with Gasteiger partial charge in [-0.1, -0.05) is 19.9 Å². The van der Waals surface area contributed by atoms with E-state index in [9.17, 15) is 10.5 Å². The number of benzene rings is 1. The number of hydrogen-bond acceptors (Lipinski definition) is 4. The van der Waals surface area contributed by atoms with Crippen LogP contribution in [0.5, 0.6) is 0 Å². The van der Waals surface area contributed by atoms with E-state index in [1.807, 2.05) is 6.08 Å². The first kappa shape index (κ1) is 29.7. The Morgan fingerprint density at radius 1 is 0.792 bits per heavy atom. The van der Waals surface area contributed by atoms with E-state index < -0.39 is 0 Å². The van der Waals surface area contributed by atoms with E-state index in [2.05, 4.69) is 61.2 Å². The van der Waals surface area contributed by atoms with Crippen molar-refractivity contribution in [3.05, 3.63) is 69.7 Å². The summed E-state index contributed by atoms with van der Waals surface area (Å²) in [4.78, 5) is 2.73. The lowest BCUT2D eigenvalue weighted by atomic mass is 9.45. The lowest BCUT2D eigenvalue weighted by molar-refractivity contribution is -0.0704. The lowest BCUT2D eigenvalue weighted by Crippen LogP contribution is -2.51. The van der Waals surface area contributed by atoms with Gasteiger partial charge in [0.25, 0.3) is 0 Å². The summed E-state index contributed by atoms with van der Waals surface area (Å²) >= 11 is 0. The fraction of sp³-hybridized carbons (Fsp3) is 0.636. The van der Waals surface area contributed by atoms with E-state index in [1.54, 1.807) is 11.3 Å². The Morgan fingerprint density at radius 2 is 1.40 bits per heavy atom. The first-order chi connectivity index (χ1) is 23.2. The van der Waals surface area contributed by atoms with Gasteiger partial charge in [-0.3, -0.25) is 0 Å². The molecule has 1 atom stereocenters. The van der Waals surface area contributed by atoms with Crippen LogP contribution in [0.2, 0.25) is 0 Å². The number of hydrogen-bond donors (Lipinski definition) is 0. The minimum absolute atomic E-state index is 0.0535. The molecule has 48 heavy (non-hydrogen) atoms. The smallest absolute Gasteiger partial charge is 0.137 e. The number of nitrogens with zero attached hydrogens (tertiary/aromatic N) is 3. The quantitative estimate of drug-likeness (QED) is 0.308. The first-order valence-corrected chi connectivity index (χ1v) is 19.5. The highest BCUT2D eigenvalue weighted by Crippen LogP contribution is 2.67. The van der Waals surface area contributed by atoms with Crippen molar-refractivity contribution in [2.45, 2.75) is 115 Å². The topological polar surface area (TPSA) is 60.0 Å². The molecule has 3 heterocycles. The highest BCUT2D eigenvalue weighted by molar-refractivity contribution is 5.72. The molecule has 12 rings (SSSR count). The molecule has 4 nitrogen and oxygen atoms in total. The third-order valence-electron chi connectivity index (χ3n) is 15.4. The monoisotopic (exact) mass is 637 g/mol. The van der Waals surface area contributed by atoms with E-state index >= 15 is 0 Å². The Hall–Kier alpha value is -3.24. The van der Waals surface area contributed by atoms with E-state index in [4.69, 9.17) is 4.74 Å². The Kier molecular flexibility index (Phi) is 6.42. The second-order valence-electron chi connectivity index (χ2n) is 19.0. The Bertz CT molecular complexity index is 1700. The highest BCUT2D eigenvalue weighted by atomic mass is 16.5. The molecule has 11 aliphatic rings. The van der Waals surface area contributed by atoms with Gasteiger partial charge in [0.05, 0.1) is 0 Å². The van der Waals surface area contributed by atoms with Gasteiger partial charge in [0.1, 0.15) is 29.2 Å². The summed E-state index contributed by atoms with van der Waals surface area (Å²) < 4.78 is 6.86. The molecule has 3 aliphatic heterocycles. The molecule has 248 valence electrons. The van der Waals surface area contributed by atoms with Gasteiger partial charge < -0.3 is 9.64 Å². The second-order valence-corrected chi connectivity index (χ2v) is 19.0. The van der Waals surface area contributed by atoms with E-state index in [-0.39, 0.29) is 16.4 Å². The predicted octanol–water partition coefficient (Wildman–Crippen LogP) is 10.2. The molecule has 1 aromatic carbocycles. The van der Waals surface area contributed by atoms with Crippen LogP contribution in [0.15, 0.2) is 53.0 Å². The number of nitriles is 2. The maximum atomic E-state index is 9.90. The second kappa shape index (κ2) is 10.4. The van der Waals surface area contributed by atoms with E-state index in [0.717, 1.165) is 52.6 Å². The summed E-state index contributed by atoms with van der Waals surface area (Å²) in [6, 6.07) is 9.42. The molecule has 8 fully saturated rings. The van der Waals surface area contributed by atoms with Crippen LogP contribution in [0.4, 0.5) is 5.69 Å². The number of allylic oxidation sites excluding steroid dienone is 6. The van der Waals surface area contributed by atoms with Gasteiger partial charge in [0.2, 0.25) is 0 Å². The largest absolute Gasteiger partial charge is 0.461 e. The van der Waals surface area contributed by atoms with Gasteiger partial charge in [-0.15, -0.1) is 0 Å². The van der Waals surface area contributed by atoms with Crippen LogP contribution in [0.3, 0.4) is 0 Å². The summed E-state index contributed by atoms with van der Waals surface area (Å²) in [6.07, 6.45) is 27.5. The first-order valence-electron chi connectivity index (χ1n) is 19.5. The number of rotatable bonds is 4. The molecule has 0 amide bonds. The molecule has 0 N–H and O–H groups in total. The standard InChI is InChI=1S/C44H51N3O/c1-42(2)6-8-47-7-5-38(43-19-28-9-29(20-43)11-30(10-28)21-43)37-15-27(16-39(42)41(37)47)3-4-36-17-34(35(25-45)26-46)18-40(48-36)44-22-31-12-32(23-44)14-33(13-31)24-44/h3-4,15-18,28-33,38H,5-14,19-24H2,1-2H3/b4-3+. The molecule has 0 aromatic heterocycles. The molecule has 1 unspecified atom stereocenters. The van der Waals surface area contributed by atoms with Crippen LogP contribution in [0, 0.1) is 69.0 Å². The molecule has 0 saturated heterocycles. The summed E-state index contributed by atoms with van der Waals surface area (Å²) in [5.41, 5.74) is 7.62. The zero-order valence-electron chi connectivity index (χ0n) is 29.1. The molecule has 4 heteroatoms. The SMILES string of the molecule is CC1(C)CCN2CCC(C34CC5CC(CC(C5)C3)C4)c3cc(/C=C/C4=CC(=C(C#N)C#N)C=C(C56CC7CC(CC(C7)C5)C6)O4)cc1c32. The predicted molar refractivity (Wildman–Crippen MR) is 189 cm³/mol. The highest BCUT2D eigenvalue weighted by Gasteiger charge is 2.56. The van der Waals surface area contributed by atoms with Crippen molar-refractivity contribution in [1.29, 1.82) is 10.5 Å². The third-order valence-corrected chi connectivity index (χ3v) is 15.4. The maximum Gasteiger partial charge on any atom is 0.137 e. The number of ether oxygens (including phenoxy) is 1. The van der Waals surface area contributed by atoms with Crippen molar-refractivity contribution in [2.24, 2.45) is 46.3 Å². The molecular formula is C44H51N3O. The summed E-state index contributed by atoms with van der Waals surface area (Å²) in [5.74, 6) is 7.72. The fourth-order valence-corrected chi connectivity index (χ4v) is 14.2. The van der Waals surface area contributed by atoms with Gasteiger partial charge >= 0.3 is 0 Å². The summed E-state index contributed by atoms with van der Waals surface area (Å²) in [6.45, 7) is 7.30. The van der Waals surface area contributed by atoms with Crippen molar-refractivity contribution in [1.82, 2.24) is 0 Å². The zero-order valence-corrected chi connectivity index (χ0v) is 29.1. The minimum Gasteiger partial charge on any atom is -0.461 e. The van der Waals surface area contributed by atoms with Gasteiger partial charge in [-0.05, 0) is 189 Å². The third kappa shape index (κ3) is 4.50. The van der Waals surface area contributed by atoms with Crippen molar-refractivity contribution in [3.63, 3.8) is 0 Å². The fourth-order valence-electron chi connectivity index (χ4n) is 14.2. The molecule has 0 radical (unpaired) electrons. The Balaban J connectivity index is 1.03. The van der Waals surface area contributed by atoms with Crippen molar-refractivity contribution >= 4 is 11.8 Å². The van der Waals surface area contributed by atoms with Gasteiger partial charge in [-0.25, -0.2) is 0 Å². The van der Waals surface area contributed by atoms with Crippen molar-refractivity contribution < 1.29 is 4.74 Å². The maximum absolute atomic E-state index is 9.90. The molecular weight excluding hydrogens is 587 g/mol. The summed E-state index contributed by atoms with van der Waals surface area (Å²) in [5, 5.41) is 19.8. The minimum atomic E-state index is 0.0535.